The number of aliphatic carboxylic acids is 1. The van der Waals surface area contributed by atoms with Crippen LogP contribution in [0, 0.1) is 5.92 Å². The Morgan fingerprint density at radius 3 is 1.89 bits per heavy atom. The SMILES string of the molecule is CCC(C)C(N)C(=O)NC(Cc1ccccc1)C(=O)NC(CC(N)=O)C(=O)NC(CCC(N)=O)C(=O)O. The van der Waals surface area contributed by atoms with Gasteiger partial charge < -0.3 is 38.3 Å². The molecule has 0 aromatic heterocycles. The molecule has 0 saturated carbocycles. The van der Waals surface area contributed by atoms with Crippen molar-refractivity contribution in [2.45, 2.75) is 70.1 Å². The fourth-order valence-electron chi connectivity index (χ4n) is 3.34. The average Bonchev–Trinajstić information content (AvgIpc) is 2.84. The molecule has 1 aromatic rings. The molecule has 0 saturated heterocycles. The summed E-state index contributed by atoms with van der Waals surface area (Å²) in [6.07, 6.45) is -0.573. The lowest BCUT2D eigenvalue weighted by Crippen LogP contribution is -2.58. The zero-order chi connectivity index (χ0) is 28.1. The van der Waals surface area contributed by atoms with Gasteiger partial charge in [0, 0.05) is 12.8 Å². The topological polar surface area (TPSA) is 237 Å². The minimum absolute atomic E-state index is 0.0485. The Hall–Kier alpha value is -4.00. The third kappa shape index (κ3) is 11.1. The molecule has 0 aliphatic carbocycles. The molecule has 37 heavy (non-hydrogen) atoms. The maximum atomic E-state index is 13.2. The summed E-state index contributed by atoms with van der Waals surface area (Å²) in [5.74, 6) is -5.69. The molecule has 0 aliphatic heterocycles. The Labute approximate surface area is 214 Å². The molecular formula is C24H36N6O7. The van der Waals surface area contributed by atoms with Crippen molar-refractivity contribution in [3.8, 4) is 0 Å². The molecule has 0 bridgehead atoms. The largest absolute Gasteiger partial charge is 0.480 e. The van der Waals surface area contributed by atoms with E-state index in [2.05, 4.69) is 16.0 Å². The minimum atomic E-state index is -1.54. The van der Waals surface area contributed by atoms with Crippen LogP contribution < -0.4 is 33.2 Å². The molecule has 5 unspecified atom stereocenters. The maximum absolute atomic E-state index is 13.2. The van der Waals surface area contributed by atoms with Crippen LogP contribution in [-0.2, 0) is 35.2 Å². The van der Waals surface area contributed by atoms with Crippen LogP contribution in [0.5, 0.6) is 0 Å². The molecule has 13 heteroatoms. The van der Waals surface area contributed by atoms with Gasteiger partial charge in [0.1, 0.15) is 18.1 Å². The second-order valence-electron chi connectivity index (χ2n) is 8.80. The Kier molecular flexibility index (Phi) is 12.7. The van der Waals surface area contributed by atoms with Gasteiger partial charge in [-0.3, -0.25) is 24.0 Å². The van der Waals surface area contributed by atoms with Crippen LogP contribution in [0.4, 0.5) is 0 Å². The predicted molar refractivity (Wildman–Crippen MR) is 133 cm³/mol. The monoisotopic (exact) mass is 520 g/mol. The molecule has 0 spiro atoms. The first-order chi connectivity index (χ1) is 17.3. The van der Waals surface area contributed by atoms with Gasteiger partial charge in [-0.05, 0) is 17.9 Å². The molecule has 204 valence electrons. The number of amides is 5. The predicted octanol–water partition coefficient (Wildman–Crippen LogP) is -1.72. The van der Waals surface area contributed by atoms with Crippen molar-refractivity contribution in [1.29, 1.82) is 0 Å². The zero-order valence-electron chi connectivity index (χ0n) is 20.9. The number of carboxylic acid groups (broad SMARTS) is 1. The molecule has 5 atom stereocenters. The summed E-state index contributed by atoms with van der Waals surface area (Å²) in [5.41, 5.74) is 17.0. The van der Waals surface area contributed by atoms with Gasteiger partial charge in [0.25, 0.3) is 0 Å². The van der Waals surface area contributed by atoms with Crippen LogP contribution in [0.2, 0.25) is 0 Å². The van der Waals surface area contributed by atoms with Crippen molar-refractivity contribution < 1.29 is 33.9 Å². The number of carbonyl (C=O) groups is 6. The normalized spacial score (nSPS) is 14.8. The highest BCUT2D eigenvalue weighted by Crippen LogP contribution is 2.09. The summed E-state index contributed by atoms with van der Waals surface area (Å²) in [5, 5.41) is 16.5. The summed E-state index contributed by atoms with van der Waals surface area (Å²) in [4.78, 5) is 72.8. The zero-order valence-corrected chi connectivity index (χ0v) is 20.9. The van der Waals surface area contributed by atoms with E-state index in [0.29, 0.717) is 12.0 Å². The second kappa shape index (κ2) is 15.2. The Morgan fingerprint density at radius 2 is 1.38 bits per heavy atom. The van der Waals surface area contributed by atoms with E-state index in [1.54, 1.807) is 37.3 Å². The Morgan fingerprint density at radius 1 is 0.838 bits per heavy atom. The number of hydrogen-bond donors (Lipinski definition) is 7. The van der Waals surface area contributed by atoms with Crippen LogP contribution in [-0.4, -0.2) is 64.8 Å². The first kappa shape index (κ1) is 31.0. The molecule has 5 amide bonds. The van der Waals surface area contributed by atoms with E-state index in [4.69, 9.17) is 17.2 Å². The smallest absolute Gasteiger partial charge is 0.326 e. The van der Waals surface area contributed by atoms with Gasteiger partial charge in [-0.2, -0.15) is 0 Å². The second-order valence-corrected chi connectivity index (χ2v) is 8.80. The molecule has 0 aliphatic rings. The fourth-order valence-corrected chi connectivity index (χ4v) is 3.34. The lowest BCUT2D eigenvalue weighted by Gasteiger charge is -2.26. The highest BCUT2D eigenvalue weighted by atomic mass is 16.4. The van der Waals surface area contributed by atoms with E-state index in [1.807, 2.05) is 6.92 Å². The van der Waals surface area contributed by atoms with Crippen molar-refractivity contribution in [2.75, 3.05) is 0 Å². The van der Waals surface area contributed by atoms with Gasteiger partial charge in [-0.15, -0.1) is 0 Å². The lowest BCUT2D eigenvalue weighted by molar-refractivity contribution is -0.142. The van der Waals surface area contributed by atoms with Gasteiger partial charge in [0.2, 0.25) is 29.5 Å². The lowest BCUT2D eigenvalue weighted by atomic mass is 9.98. The first-order valence-electron chi connectivity index (χ1n) is 11.9. The maximum Gasteiger partial charge on any atom is 0.326 e. The first-order valence-corrected chi connectivity index (χ1v) is 11.9. The summed E-state index contributed by atoms with van der Waals surface area (Å²) >= 11 is 0. The summed E-state index contributed by atoms with van der Waals surface area (Å²) in [6.45, 7) is 3.66. The van der Waals surface area contributed by atoms with Crippen molar-refractivity contribution in [3.63, 3.8) is 0 Å². The molecule has 0 radical (unpaired) electrons. The van der Waals surface area contributed by atoms with Crippen molar-refractivity contribution >= 4 is 35.5 Å². The van der Waals surface area contributed by atoms with E-state index >= 15 is 0 Å². The van der Waals surface area contributed by atoms with E-state index in [9.17, 15) is 33.9 Å². The van der Waals surface area contributed by atoms with Gasteiger partial charge in [-0.25, -0.2) is 4.79 Å². The van der Waals surface area contributed by atoms with Gasteiger partial charge >= 0.3 is 5.97 Å². The molecule has 0 fully saturated rings. The van der Waals surface area contributed by atoms with Crippen LogP contribution in [0.25, 0.3) is 0 Å². The third-order valence-corrected chi connectivity index (χ3v) is 5.81. The minimum Gasteiger partial charge on any atom is -0.480 e. The Balaban J connectivity index is 3.12. The van der Waals surface area contributed by atoms with Crippen LogP contribution in [0.1, 0.15) is 45.1 Å². The highest BCUT2D eigenvalue weighted by molar-refractivity contribution is 5.96. The summed E-state index contributed by atoms with van der Waals surface area (Å²) in [6, 6.07) is 3.66. The molecule has 0 heterocycles. The van der Waals surface area contributed by atoms with E-state index < -0.39 is 66.1 Å². The average molecular weight is 521 g/mol. The van der Waals surface area contributed by atoms with Gasteiger partial charge in [-0.1, -0.05) is 50.6 Å². The number of benzene rings is 1. The van der Waals surface area contributed by atoms with E-state index in [-0.39, 0.29) is 25.2 Å². The Bertz CT molecular complexity index is 972. The highest BCUT2D eigenvalue weighted by Gasteiger charge is 2.32. The van der Waals surface area contributed by atoms with Gasteiger partial charge in [0.15, 0.2) is 0 Å². The molecule has 1 rings (SSSR count). The van der Waals surface area contributed by atoms with E-state index in [0.717, 1.165) is 0 Å². The van der Waals surface area contributed by atoms with Crippen molar-refractivity contribution in [3.05, 3.63) is 35.9 Å². The summed E-state index contributed by atoms with van der Waals surface area (Å²) in [7, 11) is 0. The number of carboxylic acids is 1. The number of hydrogen-bond acceptors (Lipinski definition) is 7. The molecule has 1 aromatic carbocycles. The van der Waals surface area contributed by atoms with Crippen LogP contribution in [0.3, 0.4) is 0 Å². The third-order valence-electron chi connectivity index (χ3n) is 5.81. The van der Waals surface area contributed by atoms with E-state index in [1.165, 1.54) is 0 Å². The molecule has 10 N–H and O–H groups in total. The number of rotatable bonds is 16. The number of nitrogens with two attached hydrogens (primary N) is 3. The quantitative estimate of drug-likeness (QED) is 0.132. The van der Waals surface area contributed by atoms with Gasteiger partial charge in [0.05, 0.1) is 12.5 Å². The number of nitrogens with one attached hydrogen (secondary N) is 3. The number of primary amides is 2. The standard InChI is InChI=1S/C24H36N6O7/c1-3-13(2)20(27)23(35)30-16(11-14-7-5-4-6-8-14)21(33)29-17(12-19(26)32)22(34)28-15(24(36)37)9-10-18(25)31/h4-8,13,15-17,20H,3,9-12,27H2,1-2H3,(H2,25,31)(H2,26,32)(H,28,34)(H,29,33)(H,30,35)(H,36,37). The summed E-state index contributed by atoms with van der Waals surface area (Å²) < 4.78 is 0. The van der Waals surface area contributed by atoms with Crippen molar-refractivity contribution in [2.24, 2.45) is 23.1 Å². The molecule has 13 nitrogen and oxygen atoms in total. The van der Waals surface area contributed by atoms with Crippen molar-refractivity contribution in [1.82, 2.24) is 16.0 Å². The molecular weight excluding hydrogens is 484 g/mol. The van der Waals surface area contributed by atoms with Crippen LogP contribution in [0.15, 0.2) is 30.3 Å². The van der Waals surface area contributed by atoms with Crippen LogP contribution >= 0.6 is 0 Å². The number of carbonyl (C=O) groups excluding carboxylic acids is 5. The fraction of sp³-hybridized carbons (Fsp3) is 0.500.